The van der Waals surface area contributed by atoms with Gasteiger partial charge in [0.2, 0.25) is 5.91 Å². The molecule has 1 saturated carbocycles. The van der Waals surface area contributed by atoms with Gasteiger partial charge in [-0.05, 0) is 44.0 Å². The standard InChI is InChI=1S/C20H21N3O/c1-2-22(16-8-4-3-5-9-16)19(24)14-23-18-11-7-6-10-17(18)21-20(23)15-12-13-15/h3-11,15H,2,12-14H2,1H3. The smallest absolute Gasteiger partial charge is 0.246 e. The molecule has 1 aliphatic rings. The van der Waals surface area contributed by atoms with Crippen LogP contribution in [0.3, 0.4) is 0 Å². The van der Waals surface area contributed by atoms with Gasteiger partial charge in [0.25, 0.3) is 0 Å². The van der Waals surface area contributed by atoms with E-state index in [0.29, 0.717) is 19.0 Å². The van der Waals surface area contributed by atoms with Gasteiger partial charge in [-0.3, -0.25) is 4.79 Å². The molecular formula is C20H21N3O. The number of hydrogen-bond donors (Lipinski definition) is 0. The summed E-state index contributed by atoms with van der Waals surface area (Å²) in [6, 6.07) is 18.0. The van der Waals surface area contributed by atoms with Gasteiger partial charge in [0.1, 0.15) is 12.4 Å². The molecule has 0 bridgehead atoms. The molecule has 4 heteroatoms. The average Bonchev–Trinajstić information content (AvgIpc) is 3.40. The Morgan fingerprint density at radius 3 is 2.54 bits per heavy atom. The van der Waals surface area contributed by atoms with Crippen molar-refractivity contribution >= 4 is 22.6 Å². The van der Waals surface area contributed by atoms with E-state index in [0.717, 1.165) is 22.5 Å². The van der Waals surface area contributed by atoms with Gasteiger partial charge in [-0.25, -0.2) is 4.98 Å². The van der Waals surface area contributed by atoms with Crippen molar-refractivity contribution in [1.29, 1.82) is 0 Å². The molecule has 1 aromatic heterocycles. The second-order valence-corrected chi connectivity index (χ2v) is 6.29. The number of rotatable bonds is 5. The van der Waals surface area contributed by atoms with Crippen LogP contribution in [0.2, 0.25) is 0 Å². The first-order valence-corrected chi connectivity index (χ1v) is 8.58. The molecule has 1 heterocycles. The van der Waals surface area contributed by atoms with Gasteiger partial charge in [0, 0.05) is 18.2 Å². The number of imidazole rings is 1. The molecule has 1 fully saturated rings. The zero-order chi connectivity index (χ0) is 16.5. The van der Waals surface area contributed by atoms with Crippen LogP contribution in [0.25, 0.3) is 11.0 Å². The number of para-hydroxylation sites is 3. The van der Waals surface area contributed by atoms with Crippen LogP contribution in [0.4, 0.5) is 5.69 Å². The summed E-state index contributed by atoms with van der Waals surface area (Å²) in [6.45, 7) is 3.02. The first-order chi connectivity index (χ1) is 11.8. The minimum absolute atomic E-state index is 0.105. The lowest BCUT2D eigenvalue weighted by atomic mass is 10.2. The molecule has 1 aliphatic carbocycles. The highest BCUT2D eigenvalue weighted by atomic mass is 16.2. The molecule has 0 radical (unpaired) electrons. The molecule has 4 rings (SSSR count). The lowest BCUT2D eigenvalue weighted by molar-refractivity contribution is -0.119. The van der Waals surface area contributed by atoms with E-state index in [1.807, 2.05) is 60.4 Å². The highest BCUT2D eigenvalue weighted by Crippen LogP contribution is 2.40. The summed E-state index contributed by atoms with van der Waals surface area (Å²) >= 11 is 0. The Morgan fingerprint density at radius 2 is 1.83 bits per heavy atom. The van der Waals surface area contributed by atoms with Crippen LogP contribution in [0.15, 0.2) is 54.6 Å². The van der Waals surface area contributed by atoms with Crippen LogP contribution in [0.5, 0.6) is 0 Å². The van der Waals surface area contributed by atoms with Gasteiger partial charge in [0.05, 0.1) is 11.0 Å². The van der Waals surface area contributed by atoms with Gasteiger partial charge >= 0.3 is 0 Å². The maximum absolute atomic E-state index is 13.0. The van der Waals surface area contributed by atoms with Gasteiger partial charge < -0.3 is 9.47 Å². The topological polar surface area (TPSA) is 38.1 Å². The molecule has 0 unspecified atom stereocenters. The molecular weight excluding hydrogens is 298 g/mol. The fourth-order valence-corrected chi connectivity index (χ4v) is 3.24. The van der Waals surface area contributed by atoms with E-state index in [-0.39, 0.29) is 5.91 Å². The first-order valence-electron chi connectivity index (χ1n) is 8.58. The first kappa shape index (κ1) is 14.9. The third-order valence-electron chi connectivity index (χ3n) is 4.61. The van der Waals surface area contributed by atoms with E-state index >= 15 is 0 Å². The van der Waals surface area contributed by atoms with E-state index < -0.39 is 0 Å². The Kier molecular flexibility index (Phi) is 3.81. The lowest BCUT2D eigenvalue weighted by Gasteiger charge is -2.22. The number of nitrogens with zero attached hydrogens (tertiary/aromatic N) is 3. The van der Waals surface area contributed by atoms with Crippen molar-refractivity contribution in [1.82, 2.24) is 9.55 Å². The minimum atomic E-state index is 0.105. The monoisotopic (exact) mass is 319 g/mol. The van der Waals surface area contributed by atoms with Crippen LogP contribution in [0.1, 0.15) is 31.5 Å². The summed E-state index contributed by atoms with van der Waals surface area (Å²) < 4.78 is 2.11. The number of hydrogen-bond acceptors (Lipinski definition) is 2. The van der Waals surface area contributed by atoms with Crippen LogP contribution in [0, 0.1) is 0 Å². The highest BCUT2D eigenvalue weighted by Gasteiger charge is 2.30. The highest BCUT2D eigenvalue weighted by molar-refractivity contribution is 5.94. The maximum Gasteiger partial charge on any atom is 0.246 e. The molecule has 0 saturated heterocycles. The molecule has 4 nitrogen and oxygen atoms in total. The molecule has 1 amide bonds. The fraction of sp³-hybridized carbons (Fsp3) is 0.300. The summed E-state index contributed by atoms with van der Waals surface area (Å²) in [5, 5.41) is 0. The Hall–Kier alpha value is -2.62. The Morgan fingerprint density at radius 1 is 1.12 bits per heavy atom. The van der Waals surface area contributed by atoms with Crippen molar-refractivity contribution in [3.05, 3.63) is 60.4 Å². The largest absolute Gasteiger partial charge is 0.318 e. The van der Waals surface area contributed by atoms with Crippen molar-refractivity contribution in [2.75, 3.05) is 11.4 Å². The molecule has 0 N–H and O–H groups in total. The molecule has 0 aliphatic heterocycles. The van der Waals surface area contributed by atoms with Crippen molar-refractivity contribution in [3.8, 4) is 0 Å². The summed E-state index contributed by atoms with van der Waals surface area (Å²) in [5.41, 5.74) is 2.98. The van der Waals surface area contributed by atoms with E-state index in [9.17, 15) is 4.79 Å². The minimum Gasteiger partial charge on any atom is -0.318 e. The van der Waals surface area contributed by atoms with Gasteiger partial charge in [0.15, 0.2) is 0 Å². The zero-order valence-corrected chi connectivity index (χ0v) is 13.9. The predicted octanol–water partition coefficient (Wildman–Crippen LogP) is 3.97. The second-order valence-electron chi connectivity index (χ2n) is 6.29. The molecule has 3 aromatic rings. The Balaban J connectivity index is 1.68. The lowest BCUT2D eigenvalue weighted by Crippen LogP contribution is -2.34. The number of carbonyl (C=O) groups is 1. The number of likely N-dealkylation sites (N-methyl/N-ethyl adjacent to an activating group) is 1. The fourth-order valence-electron chi connectivity index (χ4n) is 3.24. The third kappa shape index (κ3) is 2.68. The van der Waals surface area contributed by atoms with Crippen molar-refractivity contribution in [2.45, 2.75) is 32.2 Å². The van der Waals surface area contributed by atoms with Gasteiger partial charge in [-0.15, -0.1) is 0 Å². The zero-order valence-electron chi connectivity index (χ0n) is 13.9. The number of anilines is 1. The van der Waals surface area contributed by atoms with Crippen LogP contribution in [-0.4, -0.2) is 22.0 Å². The summed E-state index contributed by atoms with van der Waals surface area (Å²) in [7, 11) is 0. The molecule has 0 spiro atoms. The van der Waals surface area contributed by atoms with Crippen LogP contribution >= 0.6 is 0 Å². The van der Waals surface area contributed by atoms with Crippen LogP contribution < -0.4 is 4.90 Å². The third-order valence-corrected chi connectivity index (χ3v) is 4.61. The number of benzene rings is 2. The predicted molar refractivity (Wildman–Crippen MR) is 96.2 cm³/mol. The Labute approximate surface area is 141 Å². The van der Waals surface area contributed by atoms with E-state index in [4.69, 9.17) is 4.98 Å². The van der Waals surface area contributed by atoms with E-state index in [2.05, 4.69) is 10.6 Å². The second kappa shape index (κ2) is 6.11. The van der Waals surface area contributed by atoms with E-state index in [1.54, 1.807) is 0 Å². The molecule has 24 heavy (non-hydrogen) atoms. The van der Waals surface area contributed by atoms with E-state index in [1.165, 1.54) is 12.8 Å². The van der Waals surface area contributed by atoms with Crippen molar-refractivity contribution in [3.63, 3.8) is 0 Å². The van der Waals surface area contributed by atoms with Crippen molar-refractivity contribution < 1.29 is 4.79 Å². The Bertz CT molecular complexity index is 865. The number of fused-ring (bicyclic) bond motifs is 1. The average molecular weight is 319 g/mol. The summed E-state index contributed by atoms with van der Waals surface area (Å²) in [6.07, 6.45) is 2.35. The number of amides is 1. The molecule has 2 aromatic carbocycles. The number of aromatic nitrogens is 2. The SMILES string of the molecule is CCN(C(=O)Cn1c(C2CC2)nc2ccccc21)c1ccccc1. The number of carbonyl (C=O) groups excluding carboxylic acids is 1. The quantitative estimate of drug-likeness (QED) is 0.714. The summed E-state index contributed by atoms with van der Waals surface area (Å²) in [4.78, 5) is 19.6. The normalized spacial score (nSPS) is 14.0. The molecule has 0 atom stereocenters. The van der Waals surface area contributed by atoms with Gasteiger partial charge in [-0.2, -0.15) is 0 Å². The molecule has 122 valence electrons. The maximum atomic E-state index is 13.0. The van der Waals surface area contributed by atoms with Crippen molar-refractivity contribution in [2.24, 2.45) is 0 Å². The van der Waals surface area contributed by atoms with Gasteiger partial charge in [-0.1, -0.05) is 30.3 Å². The summed E-state index contributed by atoms with van der Waals surface area (Å²) in [5.74, 6) is 1.68. The van der Waals surface area contributed by atoms with Crippen LogP contribution in [-0.2, 0) is 11.3 Å².